The van der Waals surface area contributed by atoms with Gasteiger partial charge in [-0.3, -0.25) is 4.79 Å². The number of piperidine rings is 1. The van der Waals surface area contributed by atoms with E-state index >= 15 is 0 Å². The lowest BCUT2D eigenvalue weighted by molar-refractivity contribution is 0.0971. The van der Waals surface area contributed by atoms with Crippen molar-refractivity contribution in [2.24, 2.45) is 5.92 Å². The van der Waals surface area contributed by atoms with E-state index in [0.29, 0.717) is 12.3 Å². The van der Waals surface area contributed by atoms with E-state index in [-0.39, 0.29) is 5.78 Å². The Balaban J connectivity index is 1.92. The van der Waals surface area contributed by atoms with Crippen LogP contribution in [-0.2, 0) is 0 Å². The summed E-state index contributed by atoms with van der Waals surface area (Å²) in [6.45, 7) is 4.16. The van der Waals surface area contributed by atoms with Crippen molar-refractivity contribution in [3.8, 4) is 5.75 Å². The van der Waals surface area contributed by atoms with Gasteiger partial charge in [0.1, 0.15) is 5.75 Å². The maximum absolute atomic E-state index is 12.2. The lowest BCUT2D eigenvalue weighted by Crippen LogP contribution is -2.30. The number of carbonyl (C=O) groups is 1. The minimum absolute atomic E-state index is 0.255. The van der Waals surface area contributed by atoms with Crippen molar-refractivity contribution >= 4 is 5.78 Å². The third-order valence-corrected chi connectivity index (χ3v) is 3.91. The number of ether oxygens (including phenoxy) is 1. The van der Waals surface area contributed by atoms with Gasteiger partial charge in [-0.2, -0.15) is 0 Å². The SMILES string of the molecule is COc1ccc(C(=O)CCC2CCCNC2)c(C)c1. The van der Waals surface area contributed by atoms with Gasteiger partial charge in [-0.1, -0.05) is 0 Å². The number of hydrogen-bond acceptors (Lipinski definition) is 3. The van der Waals surface area contributed by atoms with E-state index in [1.165, 1.54) is 12.8 Å². The first-order valence-corrected chi connectivity index (χ1v) is 7.09. The predicted octanol–water partition coefficient (Wildman–Crippen LogP) is 2.97. The van der Waals surface area contributed by atoms with Crippen LogP contribution in [-0.4, -0.2) is 26.0 Å². The molecule has 0 aliphatic carbocycles. The molecule has 19 heavy (non-hydrogen) atoms. The number of ketones is 1. The Labute approximate surface area is 115 Å². The fourth-order valence-electron chi connectivity index (χ4n) is 2.72. The molecule has 1 heterocycles. The Bertz CT molecular complexity index is 436. The van der Waals surface area contributed by atoms with Crippen LogP contribution >= 0.6 is 0 Å². The van der Waals surface area contributed by atoms with Gasteiger partial charge in [0, 0.05) is 12.0 Å². The molecule has 1 saturated heterocycles. The summed E-state index contributed by atoms with van der Waals surface area (Å²) in [4.78, 5) is 12.2. The molecule has 3 nitrogen and oxygen atoms in total. The summed E-state index contributed by atoms with van der Waals surface area (Å²) in [5.41, 5.74) is 1.84. The van der Waals surface area contributed by atoms with Gasteiger partial charge in [0.15, 0.2) is 5.78 Å². The lowest BCUT2D eigenvalue weighted by atomic mass is 9.91. The maximum atomic E-state index is 12.2. The largest absolute Gasteiger partial charge is 0.497 e. The summed E-state index contributed by atoms with van der Waals surface area (Å²) in [7, 11) is 1.65. The highest BCUT2D eigenvalue weighted by Gasteiger charge is 2.16. The third kappa shape index (κ3) is 3.80. The minimum atomic E-state index is 0.255. The van der Waals surface area contributed by atoms with E-state index in [1.54, 1.807) is 7.11 Å². The summed E-state index contributed by atoms with van der Waals surface area (Å²) in [6, 6.07) is 5.67. The number of benzene rings is 1. The first kappa shape index (κ1) is 14.1. The van der Waals surface area contributed by atoms with Crippen molar-refractivity contribution in [1.29, 1.82) is 0 Å². The molecule has 0 amide bonds. The van der Waals surface area contributed by atoms with Crippen LogP contribution in [0.4, 0.5) is 0 Å². The minimum Gasteiger partial charge on any atom is -0.497 e. The Hall–Kier alpha value is -1.35. The smallest absolute Gasteiger partial charge is 0.163 e. The Morgan fingerprint density at radius 1 is 1.47 bits per heavy atom. The van der Waals surface area contributed by atoms with Crippen LogP contribution < -0.4 is 10.1 Å². The summed E-state index contributed by atoms with van der Waals surface area (Å²) in [5.74, 6) is 1.73. The van der Waals surface area contributed by atoms with Crippen LogP contribution in [0, 0.1) is 12.8 Å². The zero-order valence-corrected chi connectivity index (χ0v) is 11.9. The van der Waals surface area contributed by atoms with Gasteiger partial charge in [-0.05, 0) is 69.0 Å². The van der Waals surface area contributed by atoms with Crippen molar-refractivity contribution in [3.05, 3.63) is 29.3 Å². The number of aryl methyl sites for hydroxylation is 1. The van der Waals surface area contributed by atoms with Crippen molar-refractivity contribution in [3.63, 3.8) is 0 Å². The number of hydrogen-bond donors (Lipinski definition) is 1. The molecule has 1 fully saturated rings. The van der Waals surface area contributed by atoms with Crippen LogP contribution in [0.25, 0.3) is 0 Å². The van der Waals surface area contributed by atoms with Crippen LogP contribution in [0.3, 0.4) is 0 Å². The fraction of sp³-hybridized carbons (Fsp3) is 0.562. The number of carbonyl (C=O) groups excluding carboxylic acids is 1. The topological polar surface area (TPSA) is 38.3 Å². The summed E-state index contributed by atoms with van der Waals surface area (Å²) >= 11 is 0. The van der Waals surface area contributed by atoms with Crippen LogP contribution in [0.1, 0.15) is 41.6 Å². The summed E-state index contributed by atoms with van der Waals surface area (Å²) < 4.78 is 5.17. The average molecular weight is 261 g/mol. The number of methoxy groups -OCH3 is 1. The Kier molecular flexibility index (Phi) is 4.97. The summed E-state index contributed by atoms with van der Waals surface area (Å²) in [6.07, 6.45) is 4.14. The maximum Gasteiger partial charge on any atom is 0.163 e. The first-order valence-electron chi connectivity index (χ1n) is 7.09. The van der Waals surface area contributed by atoms with E-state index in [1.807, 2.05) is 25.1 Å². The standard InChI is InChI=1S/C16H23NO2/c1-12-10-14(19-2)6-7-15(12)16(18)8-5-13-4-3-9-17-11-13/h6-7,10,13,17H,3-5,8-9,11H2,1-2H3. The molecular formula is C16H23NO2. The van der Waals surface area contributed by atoms with Crippen LogP contribution in [0.5, 0.6) is 5.75 Å². The van der Waals surface area contributed by atoms with E-state index in [0.717, 1.165) is 36.4 Å². The zero-order valence-electron chi connectivity index (χ0n) is 11.9. The molecule has 3 heteroatoms. The number of nitrogens with one attached hydrogen (secondary N) is 1. The monoisotopic (exact) mass is 261 g/mol. The highest BCUT2D eigenvalue weighted by atomic mass is 16.5. The van der Waals surface area contributed by atoms with Crippen LogP contribution in [0.15, 0.2) is 18.2 Å². The van der Waals surface area contributed by atoms with E-state index < -0.39 is 0 Å². The molecule has 0 spiro atoms. The normalized spacial score (nSPS) is 19.2. The van der Waals surface area contributed by atoms with Crippen LogP contribution in [0.2, 0.25) is 0 Å². The zero-order chi connectivity index (χ0) is 13.7. The van der Waals surface area contributed by atoms with Crippen molar-refractivity contribution in [2.75, 3.05) is 20.2 Å². The quantitative estimate of drug-likeness (QED) is 0.828. The highest BCUT2D eigenvalue weighted by Crippen LogP contribution is 2.21. The molecule has 1 unspecified atom stereocenters. The second kappa shape index (κ2) is 6.71. The molecule has 0 aromatic heterocycles. The van der Waals surface area contributed by atoms with Crippen molar-refractivity contribution < 1.29 is 9.53 Å². The molecule has 0 saturated carbocycles. The number of Topliss-reactive ketones (excluding diaryl/α,β-unsaturated/α-hetero) is 1. The molecule has 1 aliphatic heterocycles. The lowest BCUT2D eigenvalue weighted by Gasteiger charge is -2.22. The molecule has 1 aromatic rings. The molecule has 104 valence electrons. The predicted molar refractivity (Wildman–Crippen MR) is 76.9 cm³/mol. The Morgan fingerprint density at radius 2 is 2.32 bits per heavy atom. The molecule has 0 radical (unpaired) electrons. The van der Waals surface area contributed by atoms with Crippen molar-refractivity contribution in [1.82, 2.24) is 5.32 Å². The van der Waals surface area contributed by atoms with Gasteiger partial charge >= 0.3 is 0 Å². The van der Waals surface area contributed by atoms with Gasteiger partial charge < -0.3 is 10.1 Å². The average Bonchev–Trinajstić information content (AvgIpc) is 2.45. The highest BCUT2D eigenvalue weighted by molar-refractivity contribution is 5.97. The first-order chi connectivity index (χ1) is 9.20. The molecule has 1 aromatic carbocycles. The molecule has 1 N–H and O–H groups in total. The third-order valence-electron chi connectivity index (χ3n) is 3.91. The molecule has 1 aliphatic rings. The fourth-order valence-corrected chi connectivity index (χ4v) is 2.72. The Morgan fingerprint density at radius 3 is 2.95 bits per heavy atom. The molecular weight excluding hydrogens is 238 g/mol. The van der Waals surface area contributed by atoms with Gasteiger partial charge in [0.2, 0.25) is 0 Å². The van der Waals surface area contributed by atoms with E-state index in [9.17, 15) is 4.79 Å². The molecule has 1 atom stereocenters. The van der Waals surface area contributed by atoms with E-state index in [2.05, 4.69) is 5.32 Å². The molecule has 2 rings (SSSR count). The van der Waals surface area contributed by atoms with Gasteiger partial charge in [-0.25, -0.2) is 0 Å². The number of rotatable bonds is 5. The van der Waals surface area contributed by atoms with Gasteiger partial charge in [-0.15, -0.1) is 0 Å². The van der Waals surface area contributed by atoms with Gasteiger partial charge in [0.05, 0.1) is 7.11 Å². The molecule has 0 bridgehead atoms. The summed E-state index contributed by atoms with van der Waals surface area (Å²) in [5, 5.41) is 3.40. The van der Waals surface area contributed by atoms with Crippen molar-refractivity contribution in [2.45, 2.75) is 32.6 Å². The second-order valence-electron chi connectivity index (χ2n) is 5.36. The van der Waals surface area contributed by atoms with Gasteiger partial charge in [0.25, 0.3) is 0 Å². The second-order valence-corrected chi connectivity index (χ2v) is 5.36. The van der Waals surface area contributed by atoms with E-state index in [4.69, 9.17) is 4.74 Å².